The van der Waals surface area contributed by atoms with E-state index in [0.717, 1.165) is 40.7 Å². The summed E-state index contributed by atoms with van der Waals surface area (Å²) in [5.74, 6) is 0. The fourth-order valence-corrected chi connectivity index (χ4v) is 5.38. The molecule has 1 N–H and O–H groups in total. The van der Waals surface area contributed by atoms with E-state index in [2.05, 4.69) is 50.4 Å². The van der Waals surface area contributed by atoms with Crippen molar-refractivity contribution >= 4 is 17.4 Å². The number of nitrogens with one attached hydrogen (secondary N) is 1. The first-order valence-corrected chi connectivity index (χ1v) is 13.5. The van der Waals surface area contributed by atoms with Gasteiger partial charge in [-0.25, -0.2) is 9.79 Å². The summed E-state index contributed by atoms with van der Waals surface area (Å²) in [6.45, 7) is 11.6. The van der Waals surface area contributed by atoms with Crippen LogP contribution in [-0.2, 0) is 19.5 Å². The number of hydrogen-bond donors (Lipinski definition) is 1. The second kappa shape index (κ2) is 10.8. The Balaban J connectivity index is 1.89. The Bertz CT molecular complexity index is 1530. The Labute approximate surface area is 220 Å². The Kier molecular flexibility index (Phi) is 7.73. The third-order valence-corrected chi connectivity index (χ3v) is 7.52. The minimum atomic E-state index is -0.482. The molecule has 1 aliphatic heterocycles. The van der Waals surface area contributed by atoms with Crippen LogP contribution < -0.4 is 16.5 Å². The van der Waals surface area contributed by atoms with E-state index in [9.17, 15) is 14.9 Å². The highest BCUT2D eigenvalue weighted by atomic mass is 32.2. The van der Waals surface area contributed by atoms with Crippen LogP contribution in [0.3, 0.4) is 0 Å². The summed E-state index contributed by atoms with van der Waals surface area (Å²) < 4.78 is 3.50. The van der Waals surface area contributed by atoms with Gasteiger partial charge in [0.2, 0.25) is 0 Å². The summed E-state index contributed by atoms with van der Waals surface area (Å²) in [7, 11) is 0. The molecule has 3 aromatic rings. The van der Waals surface area contributed by atoms with Crippen molar-refractivity contribution in [2.45, 2.75) is 54.1 Å². The lowest BCUT2D eigenvalue weighted by molar-refractivity contribution is -0.403. The van der Waals surface area contributed by atoms with Crippen molar-refractivity contribution in [1.82, 2.24) is 14.5 Å². The number of aryl methyl sites for hydroxylation is 6. The number of aromatic nitrogens is 2. The zero-order valence-electron chi connectivity index (χ0n) is 22.2. The maximum Gasteiger partial charge on any atom is 0.330 e. The number of thioether (sulfide) groups is 1. The van der Waals surface area contributed by atoms with Crippen molar-refractivity contribution in [3.05, 3.63) is 101 Å². The molecule has 0 saturated carbocycles. The second-order valence-corrected chi connectivity index (χ2v) is 10.4. The van der Waals surface area contributed by atoms with Gasteiger partial charge in [0, 0.05) is 31.3 Å². The highest BCUT2D eigenvalue weighted by Gasteiger charge is 2.20. The average molecular weight is 520 g/mol. The molecule has 0 atom stereocenters. The number of hydrogen-bond acceptors (Lipinski definition) is 6. The van der Waals surface area contributed by atoms with Gasteiger partial charge in [0.25, 0.3) is 6.20 Å². The molecule has 0 unspecified atom stereocenters. The van der Waals surface area contributed by atoms with Crippen LogP contribution in [0.2, 0.25) is 0 Å². The lowest BCUT2D eigenvalue weighted by Crippen LogP contribution is -2.43. The molecule has 4 rings (SSSR count). The minimum absolute atomic E-state index is 0.131. The molecule has 1 aromatic heterocycles. The molecule has 0 amide bonds. The van der Waals surface area contributed by atoms with Crippen LogP contribution in [0.4, 0.5) is 5.69 Å². The average Bonchev–Trinajstić information content (AvgIpc) is 2.82. The first-order valence-electron chi connectivity index (χ1n) is 12.3. The molecule has 0 spiro atoms. The normalized spacial score (nSPS) is 13.4. The molecule has 8 nitrogen and oxygen atoms in total. The number of fused-ring (bicyclic) bond motifs is 3. The summed E-state index contributed by atoms with van der Waals surface area (Å²) >= 11 is 1.26. The SMILES string of the molecule is CS/C(=C\[N+](=O)[O-])NCCn1c(=O)n2c(c/c1=N\c1c(C)cc(C)cc1C)-c1cc(C)c(C)cc1CC2. The molecule has 0 radical (unpaired) electrons. The van der Waals surface area contributed by atoms with Gasteiger partial charge in [-0.2, -0.15) is 0 Å². The van der Waals surface area contributed by atoms with Gasteiger partial charge < -0.3 is 5.32 Å². The first kappa shape index (κ1) is 26.5. The Morgan fingerprint density at radius 1 is 1.08 bits per heavy atom. The second-order valence-electron chi connectivity index (χ2n) is 9.59. The summed E-state index contributed by atoms with van der Waals surface area (Å²) in [6.07, 6.45) is 3.51. The zero-order chi connectivity index (χ0) is 26.9. The molecule has 37 heavy (non-hydrogen) atoms. The molecule has 0 bridgehead atoms. The van der Waals surface area contributed by atoms with E-state index in [-0.39, 0.29) is 5.69 Å². The molecule has 0 saturated heterocycles. The molecule has 9 heteroatoms. The van der Waals surface area contributed by atoms with E-state index in [1.807, 2.05) is 24.5 Å². The van der Waals surface area contributed by atoms with Gasteiger partial charge in [-0.15, -0.1) is 11.8 Å². The van der Waals surface area contributed by atoms with Crippen LogP contribution in [0, 0.1) is 44.7 Å². The maximum atomic E-state index is 13.8. The largest absolute Gasteiger partial charge is 0.373 e. The minimum Gasteiger partial charge on any atom is -0.373 e. The van der Waals surface area contributed by atoms with Crippen LogP contribution >= 0.6 is 11.8 Å². The third kappa shape index (κ3) is 5.56. The van der Waals surface area contributed by atoms with E-state index in [4.69, 9.17) is 4.99 Å². The molecule has 0 aliphatic carbocycles. The van der Waals surface area contributed by atoms with E-state index in [1.165, 1.54) is 34.0 Å². The molecule has 1 aliphatic rings. The standard InChI is InChI=1S/C28H33N5O3S/c1-17-11-20(4)27(21(5)12-17)30-25-15-24-23-14-19(3)18(2)13-22(23)7-9-31(24)28(34)32(25)10-8-29-26(37-6)16-33(35)36/h11-16,29H,7-10H2,1-6H3/b26-16-,30-25+. The highest BCUT2D eigenvalue weighted by Crippen LogP contribution is 2.30. The number of nitro groups is 1. The van der Waals surface area contributed by atoms with Gasteiger partial charge in [-0.1, -0.05) is 23.8 Å². The van der Waals surface area contributed by atoms with Gasteiger partial charge in [0.15, 0.2) is 0 Å². The number of rotatable bonds is 7. The predicted molar refractivity (Wildman–Crippen MR) is 150 cm³/mol. The Morgan fingerprint density at radius 2 is 1.76 bits per heavy atom. The quantitative estimate of drug-likeness (QED) is 0.361. The van der Waals surface area contributed by atoms with Crippen molar-refractivity contribution in [1.29, 1.82) is 0 Å². The summed E-state index contributed by atoms with van der Waals surface area (Å²) in [4.78, 5) is 29.3. The summed E-state index contributed by atoms with van der Waals surface area (Å²) in [5, 5.41) is 14.4. The third-order valence-electron chi connectivity index (χ3n) is 6.83. The Morgan fingerprint density at radius 3 is 2.41 bits per heavy atom. The number of nitrogens with zero attached hydrogens (tertiary/aromatic N) is 4. The topological polar surface area (TPSA) is 94.5 Å². The van der Waals surface area contributed by atoms with E-state index in [1.54, 1.807) is 10.8 Å². The predicted octanol–water partition coefficient (Wildman–Crippen LogP) is 4.68. The van der Waals surface area contributed by atoms with Gasteiger partial charge in [0.1, 0.15) is 10.5 Å². The summed E-state index contributed by atoms with van der Waals surface area (Å²) in [5.41, 5.74) is 10.2. The lowest BCUT2D eigenvalue weighted by Gasteiger charge is -2.24. The van der Waals surface area contributed by atoms with Crippen molar-refractivity contribution < 1.29 is 4.92 Å². The number of benzene rings is 2. The fourth-order valence-electron chi connectivity index (χ4n) is 4.94. The molecular weight excluding hydrogens is 486 g/mol. The lowest BCUT2D eigenvalue weighted by atomic mass is 9.93. The molecule has 2 heterocycles. The van der Waals surface area contributed by atoms with Crippen molar-refractivity contribution in [2.24, 2.45) is 4.99 Å². The highest BCUT2D eigenvalue weighted by molar-refractivity contribution is 8.02. The van der Waals surface area contributed by atoms with E-state index in [0.29, 0.717) is 30.2 Å². The van der Waals surface area contributed by atoms with Crippen LogP contribution in [-0.4, -0.2) is 26.9 Å². The molecule has 2 aromatic carbocycles. The summed E-state index contributed by atoms with van der Waals surface area (Å²) in [6, 6.07) is 10.6. The Hall–Kier alpha value is -3.59. The van der Waals surface area contributed by atoms with Crippen molar-refractivity contribution in [3.8, 4) is 11.3 Å². The molecular formula is C28H33N5O3S. The molecule has 0 fully saturated rings. The van der Waals surface area contributed by atoms with Crippen LogP contribution in [0.15, 0.2) is 51.3 Å². The van der Waals surface area contributed by atoms with Gasteiger partial charge >= 0.3 is 5.69 Å². The molecule has 194 valence electrons. The van der Waals surface area contributed by atoms with E-state index >= 15 is 0 Å². The van der Waals surface area contributed by atoms with Crippen molar-refractivity contribution in [2.75, 3.05) is 12.8 Å². The fraction of sp³-hybridized carbons (Fsp3) is 0.357. The smallest absolute Gasteiger partial charge is 0.330 e. The van der Waals surface area contributed by atoms with E-state index < -0.39 is 4.92 Å². The monoisotopic (exact) mass is 519 g/mol. The van der Waals surface area contributed by atoms with Gasteiger partial charge in [-0.3, -0.25) is 19.2 Å². The van der Waals surface area contributed by atoms with Gasteiger partial charge in [-0.05, 0) is 81.2 Å². The first-order chi connectivity index (χ1) is 17.6. The van der Waals surface area contributed by atoms with Crippen molar-refractivity contribution in [3.63, 3.8) is 0 Å². The maximum absolute atomic E-state index is 13.8. The zero-order valence-corrected chi connectivity index (χ0v) is 23.0. The van der Waals surface area contributed by atoms with Crippen LogP contribution in [0.5, 0.6) is 0 Å². The van der Waals surface area contributed by atoms with Gasteiger partial charge in [0.05, 0.1) is 16.3 Å². The van der Waals surface area contributed by atoms with Crippen LogP contribution in [0.1, 0.15) is 33.4 Å². The van der Waals surface area contributed by atoms with Crippen LogP contribution in [0.25, 0.3) is 11.3 Å².